The number of nitrogens with zero attached hydrogens (tertiary/aromatic N) is 6. The van der Waals surface area contributed by atoms with Crippen LogP contribution in [-0.4, -0.2) is 68.7 Å². The molecular weight excluding hydrogens is 466 g/mol. The van der Waals surface area contributed by atoms with Crippen molar-refractivity contribution < 1.29 is 23.9 Å². The minimum Gasteiger partial charge on any atom is -0.470 e. The largest absolute Gasteiger partial charge is 0.470 e. The van der Waals surface area contributed by atoms with E-state index in [9.17, 15) is 9.90 Å². The predicted molar refractivity (Wildman–Crippen MR) is 131 cm³/mol. The minimum atomic E-state index is -0.299. The molecule has 0 spiro atoms. The molecule has 0 unspecified atom stereocenters. The zero-order chi connectivity index (χ0) is 26.1. The van der Waals surface area contributed by atoms with Crippen molar-refractivity contribution in [2.24, 2.45) is 0 Å². The second-order valence-electron chi connectivity index (χ2n) is 8.82. The summed E-state index contributed by atoms with van der Waals surface area (Å²) in [6.07, 6.45) is 3.86. The van der Waals surface area contributed by atoms with E-state index >= 15 is 0 Å². The predicted octanol–water partition coefficient (Wildman–Crippen LogP) is 2.21. The van der Waals surface area contributed by atoms with Gasteiger partial charge in [0.1, 0.15) is 13.2 Å². The molecule has 4 heterocycles. The van der Waals surface area contributed by atoms with E-state index in [2.05, 4.69) is 30.8 Å². The molecule has 0 aromatic carbocycles. The van der Waals surface area contributed by atoms with Crippen molar-refractivity contribution in [2.75, 3.05) is 27.3 Å². The molecule has 0 saturated carbocycles. The highest BCUT2D eigenvalue weighted by Crippen LogP contribution is 2.36. The average Bonchev–Trinajstić information content (AvgIpc) is 3.51. The van der Waals surface area contributed by atoms with E-state index < -0.39 is 0 Å². The maximum absolute atomic E-state index is 10.8. The van der Waals surface area contributed by atoms with Crippen molar-refractivity contribution in [1.29, 1.82) is 0 Å². The summed E-state index contributed by atoms with van der Waals surface area (Å²) in [6, 6.07) is 5.00. The molecule has 0 fully saturated rings. The number of aliphatic hydroxyl groups is 1. The van der Waals surface area contributed by atoms with Gasteiger partial charge in [0.15, 0.2) is 17.7 Å². The number of hydrogen-bond donors (Lipinski definition) is 2. The Labute approximate surface area is 208 Å². The van der Waals surface area contributed by atoms with E-state index in [-0.39, 0.29) is 18.6 Å². The van der Waals surface area contributed by atoms with Gasteiger partial charge in [-0.15, -0.1) is 10.2 Å². The zero-order valence-electron chi connectivity index (χ0n) is 21.1. The number of aldehydes is 1. The zero-order valence-corrected chi connectivity index (χ0v) is 21.1. The number of ether oxygens (including phenoxy) is 2. The lowest BCUT2D eigenvalue weighted by molar-refractivity contribution is 0.112. The molecule has 12 nitrogen and oxygen atoms in total. The Morgan fingerprint density at radius 1 is 1.25 bits per heavy atom. The highest BCUT2D eigenvalue weighted by molar-refractivity contribution is 5.73. The maximum Gasteiger partial charge on any atom is 0.238 e. The summed E-state index contributed by atoms with van der Waals surface area (Å²) in [4.78, 5) is 15.0. The van der Waals surface area contributed by atoms with Gasteiger partial charge in [-0.1, -0.05) is 25.9 Å². The van der Waals surface area contributed by atoms with Crippen LogP contribution in [0.4, 0.5) is 0 Å². The molecule has 0 radical (unpaired) electrons. The maximum atomic E-state index is 10.8. The van der Waals surface area contributed by atoms with Gasteiger partial charge in [0.05, 0.1) is 24.0 Å². The minimum absolute atomic E-state index is 0.181. The molecule has 0 aliphatic carbocycles. The van der Waals surface area contributed by atoms with E-state index in [0.29, 0.717) is 34.4 Å². The molecule has 4 aromatic rings. The number of hydrogen-bond acceptors (Lipinski definition) is 11. The van der Waals surface area contributed by atoms with Gasteiger partial charge in [-0.05, 0) is 24.6 Å². The first-order chi connectivity index (χ1) is 17.3. The lowest BCUT2D eigenvalue weighted by Crippen LogP contribution is -2.13. The van der Waals surface area contributed by atoms with Gasteiger partial charge in [0.2, 0.25) is 11.7 Å². The molecule has 4 rings (SSSR count). The Morgan fingerprint density at radius 3 is 2.61 bits per heavy atom. The number of aliphatic hydroxyl groups excluding tert-OH is 1. The fourth-order valence-corrected chi connectivity index (χ4v) is 3.27. The van der Waals surface area contributed by atoms with E-state index in [4.69, 9.17) is 14.0 Å². The fraction of sp³-hybridized carbons (Fsp3) is 0.417. The van der Waals surface area contributed by atoms with Crippen LogP contribution < -0.4 is 10.1 Å². The van der Waals surface area contributed by atoms with Crippen molar-refractivity contribution in [2.45, 2.75) is 39.4 Å². The third-order valence-corrected chi connectivity index (χ3v) is 5.01. The van der Waals surface area contributed by atoms with Crippen LogP contribution in [0.2, 0.25) is 0 Å². The second kappa shape index (κ2) is 12.3. The summed E-state index contributed by atoms with van der Waals surface area (Å²) in [5.41, 5.74) is 2.84. The van der Waals surface area contributed by atoms with E-state index in [0.717, 1.165) is 30.5 Å². The number of rotatable bonds is 9. The van der Waals surface area contributed by atoms with Gasteiger partial charge in [0.25, 0.3) is 0 Å². The summed E-state index contributed by atoms with van der Waals surface area (Å²) in [6.45, 7) is 7.80. The monoisotopic (exact) mass is 497 g/mol. The third kappa shape index (κ3) is 6.47. The first kappa shape index (κ1) is 26.9. The van der Waals surface area contributed by atoms with Crippen molar-refractivity contribution >= 4 is 11.8 Å². The van der Waals surface area contributed by atoms with Crippen LogP contribution >= 0.6 is 0 Å². The summed E-state index contributed by atoms with van der Waals surface area (Å²) < 4.78 is 17.4. The molecule has 0 saturated heterocycles. The second-order valence-corrected chi connectivity index (χ2v) is 8.82. The topological polar surface area (TPSA) is 150 Å². The van der Waals surface area contributed by atoms with E-state index in [1.54, 1.807) is 36.0 Å². The standard InChI is InChI=1S/C20H20N6O4.C4H11NO/c1-20(2,3)17-16-8-22-23-18(15-6-14(10-28)30-25-15)26(16)24-19(17)29-11-13-5-4-12(9-27)7-21-13;1-5-3-4-6-2/h4-9,28H,10-11H2,1-3H3;5H,3-4H2,1-2H3. The Balaban J connectivity index is 0.000000538. The van der Waals surface area contributed by atoms with Gasteiger partial charge >= 0.3 is 0 Å². The number of nitrogens with one attached hydrogen (secondary N) is 1. The number of fused-ring (bicyclic) bond motifs is 1. The highest BCUT2D eigenvalue weighted by atomic mass is 16.5. The Morgan fingerprint density at radius 2 is 2.06 bits per heavy atom. The molecule has 192 valence electrons. The Bertz CT molecular complexity index is 1260. The lowest BCUT2D eigenvalue weighted by atomic mass is 9.88. The van der Waals surface area contributed by atoms with Crippen molar-refractivity contribution in [3.63, 3.8) is 0 Å². The first-order valence-electron chi connectivity index (χ1n) is 11.3. The lowest BCUT2D eigenvalue weighted by Gasteiger charge is -2.18. The molecule has 4 aromatic heterocycles. The van der Waals surface area contributed by atoms with E-state index in [1.807, 2.05) is 27.8 Å². The van der Waals surface area contributed by atoms with Crippen LogP contribution in [0.15, 0.2) is 35.1 Å². The SMILES string of the molecule is CC(C)(C)c1c(OCc2ccc(C=O)cn2)nn2c(-c3cc(CO)on3)nncc12.CNCCOC. The average molecular weight is 498 g/mol. The molecule has 12 heteroatoms. The van der Waals surface area contributed by atoms with Crippen LogP contribution in [0.5, 0.6) is 5.88 Å². The van der Waals surface area contributed by atoms with Gasteiger partial charge in [-0.3, -0.25) is 9.78 Å². The number of pyridine rings is 1. The van der Waals surface area contributed by atoms with Crippen molar-refractivity contribution in [3.8, 4) is 17.4 Å². The van der Waals surface area contributed by atoms with Gasteiger partial charge < -0.3 is 24.4 Å². The van der Waals surface area contributed by atoms with Crippen molar-refractivity contribution in [1.82, 2.24) is 35.3 Å². The first-order valence-corrected chi connectivity index (χ1v) is 11.3. The number of carbonyl (C=O) groups is 1. The number of methoxy groups -OCH3 is 1. The Hall–Kier alpha value is -3.74. The summed E-state index contributed by atoms with van der Waals surface area (Å²) in [5, 5.41) is 29.0. The van der Waals surface area contributed by atoms with Crippen LogP contribution in [0.3, 0.4) is 0 Å². The highest BCUT2D eigenvalue weighted by Gasteiger charge is 2.28. The van der Waals surface area contributed by atoms with Crippen LogP contribution in [0.1, 0.15) is 48.1 Å². The molecule has 2 N–H and O–H groups in total. The molecular formula is C24H31N7O5. The van der Waals surface area contributed by atoms with Crippen LogP contribution in [0.25, 0.3) is 17.0 Å². The fourth-order valence-electron chi connectivity index (χ4n) is 3.27. The molecule has 0 amide bonds. The van der Waals surface area contributed by atoms with Gasteiger partial charge in [0, 0.05) is 37.0 Å². The normalized spacial score (nSPS) is 11.3. The molecule has 0 aliphatic rings. The summed E-state index contributed by atoms with van der Waals surface area (Å²) in [7, 11) is 3.59. The third-order valence-electron chi connectivity index (χ3n) is 5.01. The Kier molecular flexibility index (Phi) is 9.17. The smallest absolute Gasteiger partial charge is 0.238 e. The van der Waals surface area contributed by atoms with Gasteiger partial charge in [-0.2, -0.15) is 5.10 Å². The summed E-state index contributed by atoms with van der Waals surface area (Å²) in [5.74, 6) is 1.10. The molecule has 0 atom stereocenters. The molecule has 0 bridgehead atoms. The molecule has 0 aliphatic heterocycles. The van der Waals surface area contributed by atoms with Crippen LogP contribution in [-0.2, 0) is 23.4 Å². The molecule has 36 heavy (non-hydrogen) atoms. The quantitative estimate of drug-likeness (QED) is 0.259. The van der Waals surface area contributed by atoms with Crippen LogP contribution in [0, 0.1) is 0 Å². The number of carbonyl (C=O) groups excluding carboxylic acids is 1. The van der Waals surface area contributed by atoms with E-state index in [1.165, 1.54) is 6.20 Å². The summed E-state index contributed by atoms with van der Waals surface area (Å²) >= 11 is 0. The number of likely N-dealkylation sites (N-methyl/N-ethyl adjacent to an activating group) is 1. The van der Waals surface area contributed by atoms with Crippen molar-refractivity contribution in [3.05, 3.63) is 53.2 Å². The number of aromatic nitrogens is 6. The van der Waals surface area contributed by atoms with Gasteiger partial charge in [-0.25, -0.2) is 4.52 Å².